The van der Waals surface area contributed by atoms with Crippen LogP contribution in [0.5, 0.6) is 0 Å². The van der Waals surface area contributed by atoms with Crippen molar-refractivity contribution in [2.45, 2.75) is 156 Å². The molecule has 0 saturated heterocycles. The molecule has 0 atom stereocenters. The fourth-order valence-corrected chi connectivity index (χ4v) is 17.7. The number of hydrogen-bond acceptors (Lipinski definition) is 8. The molecule has 0 unspecified atom stereocenters. The smallest absolute Gasteiger partial charge is 0.335 e. The van der Waals surface area contributed by atoms with E-state index in [2.05, 4.69) is 238 Å². The van der Waals surface area contributed by atoms with Gasteiger partial charge in [-0.25, -0.2) is 14.8 Å². The first-order valence-electron chi connectivity index (χ1n) is 37.0. The second-order valence-electron chi connectivity index (χ2n) is 27.2. The van der Waals surface area contributed by atoms with Crippen molar-refractivity contribution < 1.29 is 9.90 Å². The molecule has 4 aromatic carbocycles. The minimum atomic E-state index is -0.983. The normalized spacial score (nSPS) is 11.7. The Kier molecular flexibility index (Phi) is 23.8. The average Bonchev–Trinajstić information content (AvgIpc) is 1.62. The summed E-state index contributed by atoms with van der Waals surface area (Å²) in [6, 6.07) is 56.8. The second kappa shape index (κ2) is 34.1. The fraction of sp³-hybridized carbons (Fsp3) is 0.286. The lowest BCUT2D eigenvalue weighted by Gasteiger charge is -2.11. The highest BCUT2D eigenvalue weighted by Gasteiger charge is 2.22. The van der Waals surface area contributed by atoms with E-state index in [4.69, 9.17) is 9.97 Å². The van der Waals surface area contributed by atoms with Crippen LogP contribution in [-0.4, -0.2) is 45.1 Å². The van der Waals surface area contributed by atoms with Gasteiger partial charge in [-0.05, 0) is 267 Å². The lowest BCUT2D eigenvalue weighted by atomic mass is 9.97. The lowest BCUT2D eigenvalue weighted by molar-refractivity contribution is 0.0696. The number of benzene rings is 4. The summed E-state index contributed by atoms with van der Waals surface area (Å²) in [4.78, 5) is 44.3. The number of rotatable bonds is 28. The maximum Gasteiger partial charge on any atom is 0.335 e. The van der Waals surface area contributed by atoms with Crippen molar-refractivity contribution in [3.8, 4) is 87.7 Å². The maximum absolute atomic E-state index is 12.1. The SMILES string of the molecule is CCCCCCc1ccc(-c2cc(-c3ccc(CCCCCC)s3)cc(-c3c4nc(c(C#Cc5ccc(N(C)C)cc5)c5ccc([nH]5)c(-c5cc(-c6ccc(CCCCCC)s6)cc(-c6ccc(CCCCCC)s6)c5)c5nc(c(C#Cc6ccc(C(=O)O)cc6)c6ccc3[nH]6)C=C5)C=C4)c2)s1. The number of carbonyl (C=O) groups is 1. The van der Waals surface area contributed by atoms with Crippen LogP contribution in [0.1, 0.15) is 205 Å². The van der Waals surface area contributed by atoms with E-state index in [1.807, 2.05) is 45.3 Å². The van der Waals surface area contributed by atoms with Crippen LogP contribution in [0, 0.1) is 23.7 Å². The number of nitrogens with zero attached hydrogens (tertiary/aromatic N) is 3. The Morgan fingerprint density at radius 3 is 1.03 bits per heavy atom. The van der Waals surface area contributed by atoms with E-state index in [0.29, 0.717) is 16.8 Å². The van der Waals surface area contributed by atoms with Crippen molar-refractivity contribution in [1.82, 2.24) is 19.9 Å². The summed E-state index contributed by atoms with van der Waals surface area (Å²) in [6.45, 7) is 9.11. The summed E-state index contributed by atoms with van der Waals surface area (Å²) in [5, 5.41) is 9.91. The number of nitrogens with one attached hydrogen (secondary N) is 2. The first-order valence-corrected chi connectivity index (χ1v) is 40.2. The van der Waals surface area contributed by atoms with Gasteiger partial charge in [-0.2, -0.15) is 0 Å². The minimum Gasteiger partial charge on any atom is -0.478 e. The average molecular weight is 1420 g/mol. The molecule has 11 heteroatoms. The van der Waals surface area contributed by atoms with Gasteiger partial charge in [-0.15, -0.1) is 45.3 Å². The summed E-state index contributed by atoms with van der Waals surface area (Å²) in [5.74, 6) is 13.4. The molecule has 13 rings (SSSR count). The third-order valence-corrected chi connectivity index (χ3v) is 24.0. The number of hydrogen-bond donors (Lipinski definition) is 3. The summed E-state index contributed by atoms with van der Waals surface area (Å²) in [6.07, 6.45) is 32.4. The Hall–Kier alpha value is -9.33. The Morgan fingerprint density at radius 2 is 0.696 bits per heavy atom. The molecular formula is C91H91N5O2S4. The molecule has 0 fully saturated rings. The molecule has 0 amide bonds. The zero-order valence-corrected chi connectivity index (χ0v) is 63.1. The second-order valence-corrected chi connectivity index (χ2v) is 31.9. The molecule has 11 aromatic rings. The van der Waals surface area contributed by atoms with Gasteiger partial charge in [0.25, 0.3) is 0 Å². The number of unbranched alkanes of at least 4 members (excludes halogenated alkanes) is 12. The molecule has 0 aliphatic carbocycles. The van der Waals surface area contributed by atoms with Gasteiger partial charge < -0.3 is 20.0 Å². The summed E-state index contributed by atoms with van der Waals surface area (Å²) in [5.41, 5.74) is 19.4. The molecule has 7 nitrogen and oxygen atoms in total. The molecule has 9 heterocycles. The van der Waals surface area contributed by atoms with Crippen molar-refractivity contribution in [3.63, 3.8) is 0 Å². The Balaban J connectivity index is 1.07. The number of aromatic carboxylic acids is 1. The van der Waals surface area contributed by atoms with E-state index in [1.54, 1.807) is 24.3 Å². The molecule has 8 bridgehead atoms. The van der Waals surface area contributed by atoms with Gasteiger partial charge in [-0.3, -0.25) is 0 Å². The van der Waals surface area contributed by atoms with E-state index in [-0.39, 0.29) is 5.56 Å². The highest BCUT2D eigenvalue weighted by atomic mass is 32.1. The third kappa shape index (κ3) is 17.4. The van der Waals surface area contributed by atoms with Crippen molar-refractivity contribution in [2.24, 2.45) is 0 Å². The van der Waals surface area contributed by atoms with Crippen LogP contribution in [-0.2, 0) is 25.7 Å². The Labute approximate surface area is 619 Å². The lowest BCUT2D eigenvalue weighted by Crippen LogP contribution is -2.07. The van der Waals surface area contributed by atoms with Crippen molar-refractivity contribution in [2.75, 3.05) is 19.0 Å². The van der Waals surface area contributed by atoms with Crippen LogP contribution in [0.2, 0.25) is 0 Å². The van der Waals surface area contributed by atoms with Crippen LogP contribution >= 0.6 is 45.3 Å². The standard InChI is InChI=1S/C91H91N5O2S4/c1-7-11-15-19-23-71-37-51-85(99-71)64-55-65(86-52-38-72(100-86)24-20-16-12-8-2)58-68(57-64)89-81-47-43-77(92-81)75(41-31-61-27-33-63(34-28-61)91(97)98)78-44-48-82(93-78)90(84-50-46-80(95-84)76(79-45-49-83(89)94-79)42-32-62-29-35-70(36-30-62)96(5)6)69-59-66(87-53-39-73(101-87)25-21-17-13-9-3)56-67(60-69)88-54-40-74(102-88)26-22-18-14-10-4/h27-30,33-40,43-60,92,95H,7-26H2,1-6H3,(H,97,98). The predicted octanol–water partition coefficient (Wildman–Crippen LogP) is 26.0. The number of aromatic nitrogens is 4. The van der Waals surface area contributed by atoms with E-state index >= 15 is 0 Å². The summed E-state index contributed by atoms with van der Waals surface area (Å²) >= 11 is 7.63. The van der Waals surface area contributed by atoms with E-state index in [1.165, 1.54) is 164 Å². The van der Waals surface area contributed by atoms with Crippen LogP contribution in [0.4, 0.5) is 5.69 Å². The van der Waals surface area contributed by atoms with Crippen LogP contribution in [0.3, 0.4) is 0 Å². The largest absolute Gasteiger partial charge is 0.478 e. The first kappa shape index (κ1) is 71.1. The quantitative estimate of drug-likeness (QED) is 0.0335. The minimum absolute atomic E-state index is 0.205. The van der Waals surface area contributed by atoms with Crippen LogP contribution in [0.15, 0.2) is 158 Å². The van der Waals surface area contributed by atoms with Crippen molar-refractivity contribution in [3.05, 3.63) is 228 Å². The molecule has 516 valence electrons. The van der Waals surface area contributed by atoms with Gasteiger partial charge >= 0.3 is 5.97 Å². The zero-order chi connectivity index (χ0) is 70.3. The summed E-state index contributed by atoms with van der Waals surface area (Å²) in [7, 11) is 4.12. The first-order chi connectivity index (χ1) is 50.0. The van der Waals surface area contributed by atoms with Gasteiger partial charge in [0.2, 0.25) is 0 Å². The van der Waals surface area contributed by atoms with Gasteiger partial charge in [0.15, 0.2) is 0 Å². The number of aromatic amines is 2. The van der Waals surface area contributed by atoms with Gasteiger partial charge in [0, 0.05) is 92.1 Å². The van der Waals surface area contributed by atoms with Crippen LogP contribution in [0.25, 0.3) is 110 Å². The molecule has 2 aliphatic heterocycles. The van der Waals surface area contributed by atoms with Gasteiger partial charge in [-0.1, -0.05) is 128 Å². The molecule has 102 heavy (non-hydrogen) atoms. The number of fused-ring (bicyclic) bond motifs is 8. The Bertz CT molecular complexity index is 4870. The Morgan fingerprint density at radius 1 is 0.373 bits per heavy atom. The number of aryl methyl sites for hydroxylation is 4. The molecule has 0 radical (unpaired) electrons. The molecule has 0 spiro atoms. The number of H-pyrrole nitrogens is 2. The van der Waals surface area contributed by atoms with E-state index in [9.17, 15) is 9.90 Å². The number of carboxylic acids is 1. The fourth-order valence-electron chi connectivity index (χ4n) is 13.6. The maximum atomic E-state index is 12.1. The monoisotopic (exact) mass is 1410 g/mol. The highest BCUT2D eigenvalue weighted by Crippen LogP contribution is 2.44. The van der Waals surface area contributed by atoms with Gasteiger partial charge in [0.05, 0.1) is 50.5 Å². The van der Waals surface area contributed by atoms with Gasteiger partial charge in [0.1, 0.15) is 0 Å². The summed E-state index contributed by atoms with van der Waals surface area (Å²) < 4.78 is 0. The topological polar surface area (TPSA) is 97.9 Å². The molecule has 3 N–H and O–H groups in total. The number of carboxylic acid groups (broad SMARTS) is 1. The van der Waals surface area contributed by atoms with E-state index in [0.717, 1.165) is 104 Å². The molecule has 7 aromatic heterocycles. The zero-order valence-electron chi connectivity index (χ0n) is 59.8. The number of anilines is 1. The molecular weight excluding hydrogens is 1320 g/mol. The van der Waals surface area contributed by atoms with Crippen LogP contribution < -0.4 is 4.90 Å². The molecule has 2 aliphatic rings. The number of thiophene rings is 4. The van der Waals surface area contributed by atoms with Crippen molar-refractivity contribution in [1.29, 1.82) is 0 Å². The van der Waals surface area contributed by atoms with E-state index < -0.39 is 5.97 Å². The predicted molar refractivity (Wildman–Crippen MR) is 440 cm³/mol. The third-order valence-electron chi connectivity index (χ3n) is 19.3. The van der Waals surface area contributed by atoms with Crippen molar-refractivity contribution >= 4 is 103 Å². The highest BCUT2D eigenvalue weighted by molar-refractivity contribution is 7.16. The molecule has 0 saturated carbocycles.